The third kappa shape index (κ3) is 3.62. The Balaban J connectivity index is 1.99. The molecule has 0 fully saturated rings. The highest BCUT2D eigenvalue weighted by atomic mass is 16.5. The minimum absolute atomic E-state index is 0.0662. The van der Waals surface area contributed by atoms with Gasteiger partial charge >= 0.3 is 0 Å². The maximum Gasteiger partial charge on any atom is 0.138 e. The summed E-state index contributed by atoms with van der Waals surface area (Å²) >= 11 is 0. The van der Waals surface area contributed by atoms with Gasteiger partial charge in [-0.1, -0.05) is 17.3 Å². The molecule has 0 aliphatic heterocycles. The summed E-state index contributed by atoms with van der Waals surface area (Å²) in [7, 11) is 1.61. The lowest BCUT2D eigenvalue weighted by atomic mass is 10.1. The molecule has 0 saturated carbocycles. The van der Waals surface area contributed by atoms with Crippen LogP contribution in [-0.4, -0.2) is 23.9 Å². The third-order valence-corrected chi connectivity index (χ3v) is 3.62. The summed E-state index contributed by atoms with van der Waals surface area (Å²) in [6, 6.07) is 7.52. The Labute approximate surface area is 124 Å². The fraction of sp³-hybridized carbons (Fsp3) is 0.438. The van der Waals surface area contributed by atoms with Gasteiger partial charge in [-0.05, 0) is 38.5 Å². The van der Waals surface area contributed by atoms with Crippen LogP contribution in [0.2, 0.25) is 0 Å². The molecule has 0 saturated heterocycles. The molecule has 1 aromatic carbocycles. The van der Waals surface area contributed by atoms with Crippen molar-refractivity contribution in [2.24, 2.45) is 0 Å². The average molecular weight is 290 g/mol. The van der Waals surface area contributed by atoms with E-state index >= 15 is 0 Å². The fourth-order valence-electron chi connectivity index (χ4n) is 2.47. The molecular weight excluding hydrogens is 268 g/mol. The van der Waals surface area contributed by atoms with E-state index in [2.05, 4.69) is 10.5 Å². The molecule has 0 aliphatic rings. The molecule has 0 amide bonds. The van der Waals surface area contributed by atoms with Gasteiger partial charge in [-0.2, -0.15) is 0 Å². The number of aliphatic hydroxyl groups excluding tert-OH is 1. The summed E-state index contributed by atoms with van der Waals surface area (Å²) in [5, 5.41) is 17.5. The Morgan fingerprint density at radius 3 is 2.76 bits per heavy atom. The molecule has 2 aromatic rings. The van der Waals surface area contributed by atoms with Crippen LogP contribution in [0.3, 0.4) is 0 Å². The van der Waals surface area contributed by atoms with Gasteiger partial charge < -0.3 is 19.7 Å². The fourth-order valence-corrected chi connectivity index (χ4v) is 2.47. The zero-order valence-corrected chi connectivity index (χ0v) is 12.9. The van der Waals surface area contributed by atoms with Crippen LogP contribution in [0.5, 0.6) is 5.75 Å². The number of benzene rings is 1. The van der Waals surface area contributed by atoms with E-state index in [-0.39, 0.29) is 6.04 Å². The number of methoxy groups -OCH3 is 1. The molecular formula is C16H22N2O3. The number of aryl methyl sites for hydroxylation is 2. The zero-order valence-electron chi connectivity index (χ0n) is 12.9. The molecule has 1 heterocycles. The first kappa shape index (κ1) is 15.5. The van der Waals surface area contributed by atoms with E-state index in [0.29, 0.717) is 6.54 Å². The van der Waals surface area contributed by atoms with E-state index in [9.17, 15) is 5.11 Å². The zero-order chi connectivity index (χ0) is 15.4. The highest BCUT2D eigenvalue weighted by Gasteiger charge is 2.17. The van der Waals surface area contributed by atoms with Crippen molar-refractivity contribution in [1.82, 2.24) is 10.5 Å². The van der Waals surface area contributed by atoms with Crippen LogP contribution in [-0.2, 0) is 0 Å². The maximum absolute atomic E-state index is 10.3. The lowest BCUT2D eigenvalue weighted by Crippen LogP contribution is -2.25. The van der Waals surface area contributed by atoms with Crippen molar-refractivity contribution in [3.05, 3.63) is 46.8 Å². The van der Waals surface area contributed by atoms with Crippen LogP contribution >= 0.6 is 0 Å². The Kier molecular flexibility index (Phi) is 4.98. The van der Waals surface area contributed by atoms with Gasteiger partial charge in [-0.15, -0.1) is 0 Å². The summed E-state index contributed by atoms with van der Waals surface area (Å²) in [5.41, 5.74) is 2.75. The molecule has 21 heavy (non-hydrogen) atoms. The van der Waals surface area contributed by atoms with Crippen LogP contribution in [0, 0.1) is 13.8 Å². The SMILES string of the molecule is COc1cccc(C(O)CNC(C)c2c(C)noc2C)c1. The normalized spacial score (nSPS) is 14.0. The summed E-state index contributed by atoms with van der Waals surface area (Å²) in [5.74, 6) is 1.55. The monoisotopic (exact) mass is 290 g/mol. The first-order valence-electron chi connectivity index (χ1n) is 7.01. The van der Waals surface area contributed by atoms with E-state index in [0.717, 1.165) is 28.3 Å². The van der Waals surface area contributed by atoms with E-state index < -0.39 is 6.10 Å². The average Bonchev–Trinajstić information content (AvgIpc) is 2.83. The highest BCUT2D eigenvalue weighted by Crippen LogP contribution is 2.23. The second-order valence-corrected chi connectivity index (χ2v) is 5.16. The second kappa shape index (κ2) is 6.74. The van der Waals surface area contributed by atoms with Gasteiger partial charge in [0.1, 0.15) is 11.5 Å². The number of hydrogen-bond acceptors (Lipinski definition) is 5. The lowest BCUT2D eigenvalue weighted by Gasteiger charge is -2.17. The van der Waals surface area contributed by atoms with Gasteiger partial charge in [0.05, 0.1) is 18.9 Å². The van der Waals surface area contributed by atoms with E-state index in [1.807, 2.05) is 45.0 Å². The smallest absolute Gasteiger partial charge is 0.138 e. The number of aliphatic hydroxyl groups is 1. The minimum Gasteiger partial charge on any atom is -0.497 e. The maximum atomic E-state index is 10.3. The van der Waals surface area contributed by atoms with E-state index in [1.165, 1.54) is 0 Å². The number of ether oxygens (including phenoxy) is 1. The first-order chi connectivity index (χ1) is 10.0. The van der Waals surface area contributed by atoms with Crippen LogP contribution in [0.4, 0.5) is 0 Å². The van der Waals surface area contributed by atoms with Crippen molar-refractivity contribution >= 4 is 0 Å². The lowest BCUT2D eigenvalue weighted by molar-refractivity contribution is 0.170. The molecule has 0 aliphatic carbocycles. The molecule has 5 nitrogen and oxygen atoms in total. The molecule has 2 N–H and O–H groups in total. The Morgan fingerprint density at radius 1 is 1.38 bits per heavy atom. The quantitative estimate of drug-likeness (QED) is 0.856. The van der Waals surface area contributed by atoms with Gasteiger partial charge in [0, 0.05) is 18.2 Å². The number of aromatic nitrogens is 1. The summed E-state index contributed by atoms with van der Waals surface area (Å²) in [6.45, 7) is 6.29. The minimum atomic E-state index is -0.594. The van der Waals surface area contributed by atoms with Crippen molar-refractivity contribution < 1.29 is 14.4 Å². The van der Waals surface area contributed by atoms with Crippen LogP contribution in [0.25, 0.3) is 0 Å². The van der Waals surface area contributed by atoms with Crippen LogP contribution < -0.4 is 10.1 Å². The molecule has 2 rings (SSSR count). The molecule has 2 atom stereocenters. The van der Waals surface area contributed by atoms with Gasteiger partial charge in [-0.3, -0.25) is 0 Å². The predicted molar refractivity (Wildman–Crippen MR) is 80.3 cm³/mol. The molecule has 114 valence electrons. The number of nitrogens with zero attached hydrogens (tertiary/aromatic N) is 1. The van der Waals surface area contributed by atoms with Crippen molar-refractivity contribution in [2.45, 2.75) is 32.9 Å². The summed E-state index contributed by atoms with van der Waals surface area (Å²) in [4.78, 5) is 0. The largest absolute Gasteiger partial charge is 0.497 e. The van der Waals surface area contributed by atoms with Gasteiger partial charge in [-0.25, -0.2) is 0 Å². The highest BCUT2D eigenvalue weighted by molar-refractivity contribution is 5.30. The molecule has 5 heteroatoms. The van der Waals surface area contributed by atoms with Gasteiger partial charge in [0.25, 0.3) is 0 Å². The van der Waals surface area contributed by atoms with E-state index in [4.69, 9.17) is 9.26 Å². The molecule has 2 unspecified atom stereocenters. The van der Waals surface area contributed by atoms with Crippen molar-refractivity contribution in [1.29, 1.82) is 0 Å². The van der Waals surface area contributed by atoms with E-state index in [1.54, 1.807) is 7.11 Å². The second-order valence-electron chi connectivity index (χ2n) is 5.16. The van der Waals surface area contributed by atoms with Crippen LogP contribution in [0.15, 0.2) is 28.8 Å². The Bertz CT molecular complexity index is 575. The van der Waals surface area contributed by atoms with Gasteiger partial charge in [0.15, 0.2) is 0 Å². The topological polar surface area (TPSA) is 67.5 Å². The van der Waals surface area contributed by atoms with Crippen molar-refractivity contribution in [3.63, 3.8) is 0 Å². The molecule has 0 spiro atoms. The number of hydrogen-bond donors (Lipinski definition) is 2. The first-order valence-corrected chi connectivity index (χ1v) is 7.01. The van der Waals surface area contributed by atoms with Crippen LogP contribution in [0.1, 0.15) is 41.7 Å². The molecule has 0 bridgehead atoms. The third-order valence-electron chi connectivity index (χ3n) is 3.62. The Morgan fingerprint density at radius 2 is 2.14 bits per heavy atom. The standard InChI is InChI=1S/C16H22N2O3/c1-10(16-11(2)18-21-12(16)3)17-9-15(19)13-6-5-7-14(8-13)20-4/h5-8,10,15,17,19H,9H2,1-4H3. The Hall–Kier alpha value is -1.85. The molecule has 1 aromatic heterocycles. The number of nitrogens with one attached hydrogen (secondary N) is 1. The predicted octanol–water partition coefficient (Wildman–Crippen LogP) is 2.68. The number of rotatable bonds is 6. The molecule has 0 radical (unpaired) electrons. The summed E-state index contributed by atoms with van der Waals surface area (Å²) in [6.07, 6.45) is -0.594. The summed E-state index contributed by atoms with van der Waals surface area (Å²) < 4.78 is 10.3. The van der Waals surface area contributed by atoms with Crippen molar-refractivity contribution in [2.75, 3.05) is 13.7 Å². The van der Waals surface area contributed by atoms with Gasteiger partial charge in [0.2, 0.25) is 0 Å². The van der Waals surface area contributed by atoms with Crippen molar-refractivity contribution in [3.8, 4) is 5.75 Å².